The maximum Gasteiger partial charge on any atom is 0.472 e. The van der Waals surface area contributed by atoms with Crippen LogP contribution < -0.4 is 4.74 Å². The van der Waals surface area contributed by atoms with Crippen LogP contribution in [0.2, 0.25) is 0 Å². The fraction of sp³-hybridized carbons (Fsp3) is 0.739. The van der Waals surface area contributed by atoms with Crippen molar-refractivity contribution in [2.75, 3.05) is 19.8 Å². The Hall–Kier alpha value is -0.870. The summed E-state index contributed by atoms with van der Waals surface area (Å²) in [5, 5.41) is 0. The Morgan fingerprint density at radius 3 is 1.72 bits per heavy atom. The highest BCUT2D eigenvalue weighted by atomic mass is 31.2. The highest BCUT2D eigenvalue weighted by Crippen LogP contribution is 2.43. The Morgan fingerprint density at radius 1 is 0.690 bits per heavy atom. The first kappa shape index (κ1) is 26.2. The predicted octanol–water partition coefficient (Wildman–Crippen LogP) is 7.29. The lowest BCUT2D eigenvalue weighted by atomic mass is 10.0. The quantitative estimate of drug-likeness (QED) is 0.174. The van der Waals surface area contributed by atoms with Crippen molar-refractivity contribution in [3.63, 3.8) is 0 Å². The molecule has 1 unspecified atom stereocenters. The van der Waals surface area contributed by atoms with Gasteiger partial charge in [0.15, 0.2) is 0 Å². The van der Waals surface area contributed by atoms with E-state index in [-0.39, 0.29) is 19.8 Å². The van der Waals surface area contributed by atoms with Crippen LogP contribution in [0.3, 0.4) is 0 Å². The summed E-state index contributed by atoms with van der Waals surface area (Å²) in [7, 11) is -3.98. The summed E-state index contributed by atoms with van der Waals surface area (Å²) in [4.78, 5) is 9.66. The van der Waals surface area contributed by atoms with Crippen LogP contribution in [0.15, 0.2) is 30.3 Å². The van der Waals surface area contributed by atoms with Crippen LogP contribution in [0.25, 0.3) is 0 Å². The number of phosphoric acid groups is 1. The lowest BCUT2D eigenvalue weighted by Crippen LogP contribution is -2.07. The highest BCUT2D eigenvalue weighted by Gasteiger charge is 2.20. The molecule has 6 heteroatoms. The van der Waals surface area contributed by atoms with E-state index in [1.165, 1.54) is 64.2 Å². The Labute approximate surface area is 177 Å². The van der Waals surface area contributed by atoms with Crippen LogP contribution in [-0.4, -0.2) is 24.7 Å². The van der Waals surface area contributed by atoms with Crippen molar-refractivity contribution in [2.45, 2.75) is 90.4 Å². The molecule has 1 aromatic rings. The van der Waals surface area contributed by atoms with Crippen molar-refractivity contribution in [1.82, 2.24) is 0 Å². The number of phosphoric ester groups is 1. The van der Waals surface area contributed by atoms with E-state index in [4.69, 9.17) is 13.8 Å². The molecule has 168 valence electrons. The third-order valence-corrected chi connectivity index (χ3v) is 5.87. The average Bonchev–Trinajstić information content (AvgIpc) is 2.72. The maximum atomic E-state index is 11.8. The van der Waals surface area contributed by atoms with Gasteiger partial charge in [-0.1, -0.05) is 102 Å². The minimum Gasteiger partial charge on any atom is -0.491 e. The fourth-order valence-corrected chi connectivity index (χ4v) is 3.91. The number of unbranched alkanes of at least 4 members (excludes halogenated alkanes) is 12. The van der Waals surface area contributed by atoms with Crippen molar-refractivity contribution in [3.8, 4) is 5.75 Å². The molecule has 5 nitrogen and oxygen atoms in total. The summed E-state index contributed by atoms with van der Waals surface area (Å²) < 4.78 is 27.2. The first-order valence-corrected chi connectivity index (χ1v) is 12.9. The Morgan fingerprint density at radius 2 is 1.17 bits per heavy atom. The minimum atomic E-state index is -3.98. The molecular formula is C23H41O5P. The Balaban J connectivity index is 1.85. The van der Waals surface area contributed by atoms with Gasteiger partial charge < -0.3 is 9.63 Å². The van der Waals surface area contributed by atoms with E-state index in [2.05, 4.69) is 6.92 Å². The summed E-state index contributed by atoms with van der Waals surface area (Å²) in [6, 6.07) is 9.28. The molecule has 0 heterocycles. The molecule has 0 fully saturated rings. The van der Waals surface area contributed by atoms with E-state index in [9.17, 15) is 9.46 Å². The molecule has 0 aliphatic rings. The number of rotatable bonds is 20. The fourth-order valence-electron chi connectivity index (χ4n) is 3.17. The van der Waals surface area contributed by atoms with Gasteiger partial charge >= 0.3 is 7.82 Å². The molecule has 29 heavy (non-hydrogen) atoms. The number of para-hydroxylation sites is 1. The molecule has 0 radical (unpaired) electrons. The van der Waals surface area contributed by atoms with E-state index in [1.807, 2.05) is 30.3 Å². The molecule has 0 amide bonds. The average molecular weight is 429 g/mol. The maximum absolute atomic E-state index is 11.8. The van der Waals surface area contributed by atoms with Crippen molar-refractivity contribution < 1.29 is 23.2 Å². The smallest absolute Gasteiger partial charge is 0.472 e. The van der Waals surface area contributed by atoms with Gasteiger partial charge in [-0.05, 0) is 18.6 Å². The first-order valence-electron chi connectivity index (χ1n) is 11.4. The summed E-state index contributed by atoms with van der Waals surface area (Å²) in [6.07, 6.45) is 16.4. The van der Waals surface area contributed by atoms with E-state index in [0.29, 0.717) is 5.75 Å². The minimum absolute atomic E-state index is 0.0152. The molecule has 1 rings (SSSR count). The molecule has 0 bridgehead atoms. The molecule has 0 saturated carbocycles. The SMILES string of the molecule is CCCCCCCCCCCCCCCOP(=O)(O)OCCOc1ccccc1. The van der Waals surface area contributed by atoms with Gasteiger partial charge in [0.05, 0.1) is 13.2 Å². The molecule has 1 atom stereocenters. The summed E-state index contributed by atoms with van der Waals surface area (Å²) in [5.74, 6) is 0.705. The Bertz CT molecular complexity index is 523. The van der Waals surface area contributed by atoms with E-state index in [1.54, 1.807) is 0 Å². The molecule has 0 aromatic heterocycles. The van der Waals surface area contributed by atoms with Crippen LogP contribution in [0.1, 0.15) is 90.4 Å². The van der Waals surface area contributed by atoms with Gasteiger partial charge in [-0.3, -0.25) is 9.05 Å². The lowest BCUT2D eigenvalue weighted by Gasteiger charge is -2.12. The molecule has 1 N–H and O–H groups in total. The second-order valence-corrected chi connectivity index (χ2v) is 8.99. The topological polar surface area (TPSA) is 65.0 Å². The Kier molecular flexibility index (Phi) is 16.2. The zero-order chi connectivity index (χ0) is 21.0. The number of benzene rings is 1. The van der Waals surface area contributed by atoms with Crippen molar-refractivity contribution >= 4 is 7.82 Å². The monoisotopic (exact) mass is 428 g/mol. The highest BCUT2D eigenvalue weighted by molar-refractivity contribution is 7.47. The standard InChI is InChI=1S/C23H41O5P/c1-2-3-4-5-6-7-8-9-10-11-12-13-17-20-27-29(24,25)28-22-21-26-23-18-15-14-16-19-23/h14-16,18-19H,2-13,17,20-22H2,1H3,(H,24,25). The molecular weight excluding hydrogens is 387 g/mol. The van der Waals surface area contributed by atoms with Gasteiger partial charge in [0.25, 0.3) is 0 Å². The molecule has 0 saturated heterocycles. The molecule has 0 spiro atoms. The van der Waals surface area contributed by atoms with Crippen LogP contribution in [0.4, 0.5) is 0 Å². The molecule has 0 aliphatic heterocycles. The number of ether oxygens (including phenoxy) is 1. The van der Waals surface area contributed by atoms with E-state index >= 15 is 0 Å². The number of hydrogen-bond donors (Lipinski definition) is 1. The zero-order valence-corrected chi connectivity index (χ0v) is 19.1. The second kappa shape index (κ2) is 17.9. The van der Waals surface area contributed by atoms with Crippen molar-refractivity contribution in [2.24, 2.45) is 0 Å². The first-order chi connectivity index (χ1) is 14.1. The molecule has 0 aliphatic carbocycles. The second-order valence-electron chi connectivity index (χ2n) is 7.54. The summed E-state index contributed by atoms with van der Waals surface area (Å²) in [5.41, 5.74) is 0. The summed E-state index contributed by atoms with van der Waals surface area (Å²) in [6.45, 7) is 2.73. The molecule has 1 aromatic carbocycles. The lowest BCUT2D eigenvalue weighted by molar-refractivity contribution is 0.127. The van der Waals surface area contributed by atoms with E-state index in [0.717, 1.165) is 19.3 Å². The van der Waals surface area contributed by atoms with Gasteiger partial charge in [-0.15, -0.1) is 0 Å². The van der Waals surface area contributed by atoms with E-state index < -0.39 is 7.82 Å². The van der Waals surface area contributed by atoms with Gasteiger partial charge in [0, 0.05) is 0 Å². The van der Waals surface area contributed by atoms with Gasteiger partial charge in [-0.2, -0.15) is 0 Å². The van der Waals surface area contributed by atoms with Gasteiger partial charge in [-0.25, -0.2) is 4.57 Å². The zero-order valence-electron chi connectivity index (χ0n) is 18.2. The third kappa shape index (κ3) is 16.6. The third-order valence-electron chi connectivity index (χ3n) is 4.85. The predicted molar refractivity (Wildman–Crippen MR) is 119 cm³/mol. The van der Waals surface area contributed by atoms with Crippen LogP contribution in [0.5, 0.6) is 5.75 Å². The van der Waals surface area contributed by atoms with Gasteiger partial charge in [0.1, 0.15) is 12.4 Å². The van der Waals surface area contributed by atoms with Crippen LogP contribution >= 0.6 is 7.82 Å². The van der Waals surface area contributed by atoms with Crippen molar-refractivity contribution in [3.05, 3.63) is 30.3 Å². The van der Waals surface area contributed by atoms with Crippen LogP contribution in [0, 0.1) is 0 Å². The van der Waals surface area contributed by atoms with Gasteiger partial charge in [0.2, 0.25) is 0 Å². The normalized spacial score (nSPS) is 13.3. The van der Waals surface area contributed by atoms with Crippen molar-refractivity contribution in [1.29, 1.82) is 0 Å². The summed E-state index contributed by atoms with van der Waals surface area (Å²) >= 11 is 0. The van der Waals surface area contributed by atoms with Crippen LogP contribution in [-0.2, 0) is 13.6 Å². The largest absolute Gasteiger partial charge is 0.491 e. The number of hydrogen-bond acceptors (Lipinski definition) is 4.